The monoisotopic (exact) mass is 341 g/mol. The normalized spacial score (nSPS) is 17.3. The Hall–Kier alpha value is -1.06. The maximum absolute atomic E-state index is 12.7. The highest BCUT2D eigenvalue weighted by molar-refractivity contribution is 7.89. The highest BCUT2D eigenvalue weighted by Gasteiger charge is 2.30. The second kappa shape index (κ2) is 7.47. The summed E-state index contributed by atoms with van der Waals surface area (Å²) < 4.78 is 32.3. The molecule has 0 saturated carbocycles. The smallest absolute Gasteiger partial charge is 0.243 e. The molecular weight excluding hydrogens is 322 g/mol. The largest absolute Gasteiger partial charge is 0.369 e. The number of aryl methyl sites for hydroxylation is 1. The number of sulfonamides is 1. The van der Waals surface area contributed by atoms with E-state index in [2.05, 4.69) is 5.92 Å². The van der Waals surface area contributed by atoms with Crippen molar-refractivity contribution in [1.29, 1.82) is 0 Å². The Kier molecular flexibility index (Phi) is 5.87. The maximum Gasteiger partial charge on any atom is 0.243 e. The molecular formula is C16H20ClNO3S. The number of hydrogen-bond donors (Lipinski definition) is 0. The summed E-state index contributed by atoms with van der Waals surface area (Å²) in [6.45, 7) is 3.68. The van der Waals surface area contributed by atoms with E-state index < -0.39 is 10.0 Å². The molecule has 2 rings (SSSR count). The van der Waals surface area contributed by atoms with E-state index in [-0.39, 0.29) is 0 Å². The predicted octanol–water partition coefficient (Wildman–Crippen LogP) is 2.70. The van der Waals surface area contributed by atoms with Crippen molar-refractivity contribution >= 4 is 21.6 Å². The molecule has 1 aromatic carbocycles. The standard InChI is InChI=1S/C16H20ClNO3S/c1-3-10-21-12-14-6-8-18(9-7-14)22(19,20)16-11-15(17)5-4-13(16)2/h1,4-5,11,14H,6-10,12H2,2H3. The third kappa shape index (κ3) is 4.02. The van der Waals surface area contributed by atoms with E-state index in [1.54, 1.807) is 19.1 Å². The van der Waals surface area contributed by atoms with Crippen LogP contribution in [0.2, 0.25) is 5.02 Å². The highest BCUT2D eigenvalue weighted by atomic mass is 35.5. The summed E-state index contributed by atoms with van der Waals surface area (Å²) in [6.07, 6.45) is 6.70. The van der Waals surface area contributed by atoms with Gasteiger partial charge in [0.05, 0.1) is 11.5 Å². The lowest BCUT2D eigenvalue weighted by atomic mass is 9.99. The molecule has 1 heterocycles. The molecule has 1 fully saturated rings. The number of ether oxygens (including phenoxy) is 1. The molecule has 0 spiro atoms. The fourth-order valence-corrected chi connectivity index (χ4v) is 4.55. The van der Waals surface area contributed by atoms with Crippen LogP contribution in [0.3, 0.4) is 0 Å². The van der Waals surface area contributed by atoms with Crippen molar-refractivity contribution in [2.75, 3.05) is 26.3 Å². The molecule has 6 heteroatoms. The second-order valence-corrected chi connectivity index (χ2v) is 7.82. The van der Waals surface area contributed by atoms with E-state index in [1.165, 1.54) is 10.4 Å². The second-order valence-electron chi connectivity index (χ2n) is 5.48. The Morgan fingerprint density at radius 3 is 2.73 bits per heavy atom. The predicted molar refractivity (Wildman–Crippen MR) is 87.3 cm³/mol. The molecule has 0 unspecified atom stereocenters. The zero-order chi connectivity index (χ0) is 16.2. The molecule has 1 aliphatic rings. The number of benzene rings is 1. The van der Waals surface area contributed by atoms with Gasteiger partial charge in [-0.3, -0.25) is 0 Å². The molecule has 0 aliphatic carbocycles. The van der Waals surface area contributed by atoms with Gasteiger partial charge in [0.1, 0.15) is 6.61 Å². The minimum Gasteiger partial charge on any atom is -0.369 e. The summed E-state index contributed by atoms with van der Waals surface area (Å²) in [5.74, 6) is 2.79. The van der Waals surface area contributed by atoms with Crippen molar-refractivity contribution in [3.8, 4) is 12.3 Å². The molecule has 0 N–H and O–H groups in total. The van der Waals surface area contributed by atoms with Gasteiger partial charge in [-0.05, 0) is 43.4 Å². The third-order valence-electron chi connectivity index (χ3n) is 3.88. The van der Waals surface area contributed by atoms with Crippen LogP contribution in [0.5, 0.6) is 0 Å². The Morgan fingerprint density at radius 2 is 2.09 bits per heavy atom. The van der Waals surface area contributed by atoms with Gasteiger partial charge in [0.25, 0.3) is 0 Å². The van der Waals surface area contributed by atoms with Gasteiger partial charge in [0.2, 0.25) is 10.0 Å². The first-order valence-corrected chi connectivity index (χ1v) is 9.04. The topological polar surface area (TPSA) is 46.6 Å². The van der Waals surface area contributed by atoms with Crippen molar-refractivity contribution in [3.05, 3.63) is 28.8 Å². The fraction of sp³-hybridized carbons (Fsp3) is 0.500. The fourth-order valence-electron chi connectivity index (χ4n) is 2.59. The maximum atomic E-state index is 12.7. The minimum atomic E-state index is -3.49. The van der Waals surface area contributed by atoms with Gasteiger partial charge >= 0.3 is 0 Å². The molecule has 0 aromatic heterocycles. The van der Waals surface area contributed by atoms with Gasteiger partial charge in [-0.1, -0.05) is 23.6 Å². The summed E-state index contributed by atoms with van der Waals surface area (Å²) in [7, 11) is -3.49. The molecule has 1 aromatic rings. The zero-order valence-electron chi connectivity index (χ0n) is 12.6. The molecule has 0 amide bonds. The van der Waals surface area contributed by atoms with Gasteiger partial charge in [-0.15, -0.1) is 6.42 Å². The first-order chi connectivity index (χ1) is 10.4. The lowest BCUT2D eigenvalue weighted by molar-refractivity contribution is 0.101. The van der Waals surface area contributed by atoms with Crippen LogP contribution in [-0.4, -0.2) is 39.0 Å². The average molecular weight is 342 g/mol. The molecule has 22 heavy (non-hydrogen) atoms. The van der Waals surface area contributed by atoms with Crippen LogP contribution in [0.15, 0.2) is 23.1 Å². The number of piperidine rings is 1. The van der Waals surface area contributed by atoms with Gasteiger partial charge in [-0.25, -0.2) is 8.42 Å². The molecule has 1 saturated heterocycles. The van der Waals surface area contributed by atoms with Crippen molar-refractivity contribution in [2.45, 2.75) is 24.7 Å². The van der Waals surface area contributed by atoms with Crippen LogP contribution < -0.4 is 0 Å². The highest BCUT2D eigenvalue weighted by Crippen LogP contribution is 2.27. The van der Waals surface area contributed by atoms with E-state index in [9.17, 15) is 8.42 Å². The lowest BCUT2D eigenvalue weighted by Gasteiger charge is -2.31. The third-order valence-corrected chi connectivity index (χ3v) is 6.16. The molecule has 1 aliphatic heterocycles. The number of hydrogen-bond acceptors (Lipinski definition) is 3. The van der Waals surface area contributed by atoms with Crippen LogP contribution in [0.25, 0.3) is 0 Å². The van der Waals surface area contributed by atoms with Crippen molar-refractivity contribution in [2.24, 2.45) is 5.92 Å². The van der Waals surface area contributed by atoms with Crippen molar-refractivity contribution < 1.29 is 13.2 Å². The van der Waals surface area contributed by atoms with Crippen LogP contribution in [0, 0.1) is 25.2 Å². The van der Waals surface area contributed by atoms with E-state index >= 15 is 0 Å². The Morgan fingerprint density at radius 1 is 1.41 bits per heavy atom. The van der Waals surface area contributed by atoms with E-state index in [0.29, 0.717) is 47.7 Å². The number of nitrogens with zero attached hydrogens (tertiary/aromatic N) is 1. The number of terminal acetylenes is 1. The summed E-state index contributed by atoms with van der Waals surface area (Å²) in [4.78, 5) is 0.294. The van der Waals surface area contributed by atoms with E-state index in [1.807, 2.05) is 0 Å². The lowest BCUT2D eigenvalue weighted by Crippen LogP contribution is -2.39. The first kappa shape index (κ1) is 17.3. The Labute approximate surface area is 137 Å². The quantitative estimate of drug-likeness (QED) is 0.611. The molecule has 0 atom stereocenters. The van der Waals surface area contributed by atoms with Crippen molar-refractivity contribution in [3.63, 3.8) is 0 Å². The molecule has 0 radical (unpaired) electrons. The molecule has 4 nitrogen and oxygen atoms in total. The molecule has 120 valence electrons. The van der Waals surface area contributed by atoms with Crippen molar-refractivity contribution in [1.82, 2.24) is 4.31 Å². The SMILES string of the molecule is C#CCOCC1CCN(S(=O)(=O)c2cc(Cl)ccc2C)CC1. The van der Waals surface area contributed by atoms with Gasteiger partial charge in [0.15, 0.2) is 0 Å². The summed E-state index contributed by atoms with van der Waals surface area (Å²) >= 11 is 5.94. The van der Waals surface area contributed by atoms with Gasteiger partial charge in [-0.2, -0.15) is 4.31 Å². The average Bonchev–Trinajstić information content (AvgIpc) is 2.50. The Balaban J connectivity index is 2.04. The molecule has 0 bridgehead atoms. The number of rotatable bonds is 5. The van der Waals surface area contributed by atoms with Gasteiger partial charge in [0, 0.05) is 18.1 Å². The summed E-state index contributed by atoms with van der Waals surface area (Å²) in [5, 5.41) is 0.432. The van der Waals surface area contributed by atoms with E-state index in [0.717, 1.165) is 12.8 Å². The van der Waals surface area contributed by atoms with Gasteiger partial charge < -0.3 is 4.74 Å². The Bertz CT molecular complexity index is 658. The zero-order valence-corrected chi connectivity index (χ0v) is 14.2. The van der Waals surface area contributed by atoms with Crippen LogP contribution in [0.4, 0.5) is 0 Å². The minimum absolute atomic E-state index is 0.294. The summed E-state index contributed by atoms with van der Waals surface area (Å²) in [6, 6.07) is 4.95. The van der Waals surface area contributed by atoms with Crippen LogP contribution >= 0.6 is 11.6 Å². The number of halogens is 1. The van der Waals surface area contributed by atoms with Crippen LogP contribution in [0.1, 0.15) is 18.4 Å². The van der Waals surface area contributed by atoms with Crippen LogP contribution in [-0.2, 0) is 14.8 Å². The first-order valence-electron chi connectivity index (χ1n) is 7.22. The summed E-state index contributed by atoms with van der Waals surface area (Å²) in [5.41, 5.74) is 0.712. The van der Waals surface area contributed by atoms with E-state index in [4.69, 9.17) is 22.8 Å².